The normalized spacial score (nSPS) is 11.2. The van der Waals surface area contributed by atoms with Crippen LogP contribution in [0.25, 0.3) is 6.08 Å². The van der Waals surface area contributed by atoms with Crippen molar-refractivity contribution >= 4 is 59.8 Å². The van der Waals surface area contributed by atoms with E-state index < -0.39 is 5.91 Å². The predicted octanol–water partition coefficient (Wildman–Crippen LogP) is 6.65. The van der Waals surface area contributed by atoms with Gasteiger partial charge in [0.15, 0.2) is 0 Å². The molecular formula is C23H18Br3N3O2. The van der Waals surface area contributed by atoms with Crippen molar-refractivity contribution in [2.75, 3.05) is 5.43 Å². The van der Waals surface area contributed by atoms with Crippen LogP contribution in [0.3, 0.4) is 0 Å². The molecule has 8 heteroatoms. The summed E-state index contributed by atoms with van der Waals surface area (Å²) in [5.74, 6) is 0.161. The lowest BCUT2D eigenvalue weighted by atomic mass is 10.1. The molecule has 2 aromatic carbocycles. The Morgan fingerprint density at radius 1 is 1.06 bits per heavy atom. The number of nitrogens with one attached hydrogen (secondary N) is 1. The Morgan fingerprint density at radius 2 is 1.65 bits per heavy atom. The summed E-state index contributed by atoms with van der Waals surface area (Å²) in [7, 11) is 0. The SMILES string of the molecule is Cc1ccc(C)n1NC(=O)/C(C#N)=C\c1cc(Br)c(OCc2ccc(Br)cc2)c(Br)c1. The van der Waals surface area contributed by atoms with Gasteiger partial charge < -0.3 is 4.74 Å². The number of rotatable bonds is 6. The van der Waals surface area contributed by atoms with Gasteiger partial charge in [-0.15, -0.1) is 0 Å². The third-order valence-electron chi connectivity index (χ3n) is 4.48. The minimum absolute atomic E-state index is 0.00479. The Morgan fingerprint density at radius 3 is 2.19 bits per heavy atom. The Labute approximate surface area is 206 Å². The van der Waals surface area contributed by atoms with Crippen LogP contribution in [-0.2, 0) is 11.4 Å². The smallest absolute Gasteiger partial charge is 0.280 e. The van der Waals surface area contributed by atoms with Crippen molar-refractivity contribution in [1.29, 1.82) is 5.26 Å². The van der Waals surface area contributed by atoms with E-state index in [0.717, 1.165) is 21.4 Å². The van der Waals surface area contributed by atoms with E-state index in [1.165, 1.54) is 6.08 Å². The highest BCUT2D eigenvalue weighted by Gasteiger charge is 2.14. The molecule has 1 heterocycles. The maximum absolute atomic E-state index is 12.6. The number of nitrogens with zero attached hydrogens (tertiary/aromatic N) is 2. The first kappa shape index (κ1) is 23.3. The number of benzene rings is 2. The number of ether oxygens (including phenoxy) is 1. The maximum Gasteiger partial charge on any atom is 0.280 e. The molecule has 1 amide bonds. The predicted molar refractivity (Wildman–Crippen MR) is 132 cm³/mol. The van der Waals surface area contributed by atoms with E-state index >= 15 is 0 Å². The number of carbonyl (C=O) groups is 1. The zero-order chi connectivity index (χ0) is 22.5. The molecule has 0 aliphatic heterocycles. The number of aromatic nitrogens is 1. The maximum atomic E-state index is 12.6. The minimum Gasteiger partial charge on any atom is -0.487 e. The van der Waals surface area contributed by atoms with Crippen molar-refractivity contribution in [3.8, 4) is 11.8 Å². The van der Waals surface area contributed by atoms with E-state index in [9.17, 15) is 10.1 Å². The number of aryl methyl sites for hydroxylation is 2. The molecule has 0 aliphatic carbocycles. The molecule has 3 aromatic rings. The molecule has 0 unspecified atom stereocenters. The number of halogens is 3. The summed E-state index contributed by atoms with van der Waals surface area (Å²) in [6.45, 7) is 4.16. The Kier molecular flexibility index (Phi) is 7.76. The van der Waals surface area contributed by atoms with Crippen molar-refractivity contribution < 1.29 is 9.53 Å². The molecule has 0 bridgehead atoms. The summed E-state index contributed by atoms with van der Waals surface area (Å²) in [4.78, 5) is 12.6. The molecule has 0 fully saturated rings. The highest BCUT2D eigenvalue weighted by molar-refractivity contribution is 9.11. The van der Waals surface area contributed by atoms with E-state index in [2.05, 4.69) is 53.2 Å². The van der Waals surface area contributed by atoms with E-state index in [-0.39, 0.29) is 5.57 Å². The standard InChI is InChI=1S/C23H18Br3N3O2/c1-14-3-4-15(2)29(14)28-23(30)18(12-27)9-17-10-20(25)22(21(26)11-17)31-13-16-5-7-19(24)8-6-16/h3-11H,13H2,1-2H3,(H,28,30)/b18-9-. The molecule has 158 valence electrons. The highest BCUT2D eigenvalue weighted by Crippen LogP contribution is 2.36. The van der Waals surface area contributed by atoms with Gasteiger partial charge in [-0.3, -0.25) is 14.9 Å². The average molecular weight is 608 g/mol. The Bertz CT molecular complexity index is 1150. The second kappa shape index (κ2) is 10.3. The van der Waals surface area contributed by atoms with Crippen LogP contribution < -0.4 is 10.2 Å². The molecule has 0 spiro atoms. The molecular weight excluding hydrogens is 590 g/mol. The molecule has 5 nitrogen and oxygen atoms in total. The van der Waals surface area contributed by atoms with Crippen molar-refractivity contribution in [1.82, 2.24) is 4.68 Å². The van der Waals surface area contributed by atoms with Crippen LogP contribution in [0.5, 0.6) is 5.75 Å². The van der Waals surface area contributed by atoms with E-state index in [4.69, 9.17) is 4.74 Å². The summed E-state index contributed by atoms with van der Waals surface area (Å²) in [6, 6.07) is 17.3. The monoisotopic (exact) mass is 605 g/mol. The van der Waals surface area contributed by atoms with Gasteiger partial charge in [-0.05, 0) is 99.3 Å². The van der Waals surface area contributed by atoms with Crippen molar-refractivity contribution in [3.05, 3.63) is 90.0 Å². The van der Waals surface area contributed by atoms with Gasteiger partial charge in [0.25, 0.3) is 5.91 Å². The van der Waals surface area contributed by atoms with Gasteiger partial charge >= 0.3 is 0 Å². The lowest BCUT2D eigenvalue weighted by Crippen LogP contribution is -2.25. The van der Waals surface area contributed by atoms with Crippen LogP contribution in [0, 0.1) is 25.2 Å². The minimum atomic E-state index is -0.479. The molecule has 0 radical (unpaired) electrons. The van der Waals surface area contributed by atoms with Gasteiger partial charge in [0.05, 0.1) is 8.95 Å². The quantitative estimate of drug-likeness (QED) is 0.252. The van der Waals surface area contributed by atoms with E-state index in [1.54, 1.807) is 16.8 Å². The van der Waals surface area contributed by atoms with Crippen molar-refractivity contribution in [3.63, 3.8) is 0 Å². The molecule has 31 heavy (non-hydrogen) atoms. The van der Waals surface area contributed by atoms with Gasteiger partial charge in [0, 0.05) is 15.9 Å². The largest absolute Gasteiger partial charge is 0.487 e. The number of carbonyl (C=O) groups excluding carboxylic acids is 1. The lowest BCUT2D eigenvalue weighted by molar-refractivity contribution is -0.113. The van der Waals surface area contributed by atoms with Crippen LogP contribution >= 0.6 is 47.8 Å². The molecule has 1 N–H and O–H groups in total. The number of hydrogen-bond acceptors (Lipinski definition) is 3. The molecule has 0 saturated carbocycles. The molecule has 1 aromatic heterocycles. The summed E-state index contributed by atoms with van der Waals surface area (Å²) < 4.78 is 10.0. The number of hydrogen-bond donors (Lipinski definition) is 1. The van der Waals surface area contributed by atoms with Crippen LogP contribution in [0.4, 0.5) is 0 Å². The third-order valence-corrected chi connectivity index (χ3v) is 6.18. The van der Waals surface area contributed by atoms with Gasteiger partial charge in [-0.25, -0.2) is 0 Å². The van der Waals surface area contributed by atoms with Crippen LogP contribution in [0.2, 0.25) is 0 Å². The van der Waals surface area contributed by atoms with Crippen molar-refractivity contribution in [2.24, 2.45) is 0 Å². The first-order chi connectivity index (χ1) is 14.8. The molecule has 3 rings (SSSR count). The van der Waals surface area contributed by atoms with Gasteiger partial charge in [0.2, 0.25) is 0 Å². The highest BCUT2D eigenvalue weighted by atomic mass is 79.9. The fourth-order valence-corrected chi connectivity index (χ4v) is 4.57. The summed E-state index contributed by atoms with van der Waals surface area (Å²) in [6.07, 6.45) is 1.54. The first-order valence-corrected chi connectivity index (χ1v) is 11.6. The van der Waals surface area contributed by atoms with Crippen molar-refractivity contribution in [2.45, 2.75) is 20.5 Å². The second-order valence-corrected chi connectivity index (χ2v) is 9.42. The zero-order valence-electron chi connectivity index (χ0n) is 16.7. The summed E-state index contributed by atoms with van der Waals surface area (Å²) in [5.41, 5.74) is 6.21. The third kappa shape index (κ3) is 5.88. The van der Waals surface area contributed by atoms with E-state index in [1.807, 2.05) is 56.3 Å². The summed E-state index contributed by atoms with van der Waals surface area (Å²) in [5, 5.41) is 9.51. The fraction of sp³-hybridized carbons (Fsp3) is 0.130. The molecule has 0 saturated heterocycles. The summed E-state index contributed by atoms with van der Waals surface area (Å²) >= 11 is 10.5. The van der Waals surface area contributed by atoms with Gasteiger partial charge in [-0.2, -0.15) is 5.26 Å². The fourth-order valence-electron chi connectivity index (χ4n) is 2.86. The van der Waals surface area contributed by atoms with E-state index in [0.29, 0.717) is 26.9 Å². The first-order valence-electron chi connectivity index (χ1n) is 9.23. The average Bonchev–Trinajstić information content (AvgIpc) is 3.04. The number of amides is 1. The Balaban J connectivity index is 1.78. The van der Waals surface area contributed by atoms with Gasteiger partial charge in [0.1, 0.15) is 24.0 Å². The zero-order valence-corrected chi connectivity index (χ0v) is 21.5. The Hall–Kier alpha value is -2.34. The van der Waals surface area contributed by atoms with Gasteiger partial charge in [-0.1, -0.05) is 28.1 Å². The topological polar surface area (TPSA) is 67.0 Å². The molecule has 0 atom stereocenters. The van der Waals surface area contributed by atoms with Crippen LogP contribution in [-0.4, -0.2) is 10.6 Å². The molecule has 0 aliphatic rings. The van der Waals surface area contributed by atoms with Crippen LogP contribution in [0.15, 0.2) is 67.5 Å². The number of nitriles is 1. The van der Waals surface area contributed by atoms with Crippen LogP contribution in [0.1, 0.15) is 22.5 Å². The lowest BCUT2D eigenvalue weighted by Gasteiger charge is -2.12. The second-order valence-electron chi connectivity index (χ2n) is 6.79.